The summed E-state index contributed by atoms with van der Waals surface area (Å²) >= 11 is 0. The second-order valence-electron chi connectivity index (χ2n) is 5.11. The molecule has 0 saturated heterocycles. The fourth-order valence-corrected chi connectivity index (χ4v) is 1.80. The number of carbonyl (C=O) groups is 1. The molecule has 1 aromatic heterocycles. The first-order valence-electron chi connectivity index (χ1n) is 7.35. The van der Waals surface area contributed by atoms with Gasteiger partial charge < -0.3 is 20.7 Å². The van der Waals surface area contributed by atoms with E-state index in [0.717, 1.165) is 31.6 Å². The second-order valence-corrected chi connectivity index (χ2v) is 5.11. The van der Waals surface area contributed by atoms with Gasteiger partial charge in [-0.05, 0) is 19.3 Å². The second kappa shape index (κ2) is 7.78. The zero-order chi connectivity index (χ0) is 15.1. The number of rotatable bonds is 9. The van der Waals surface area contributed by atoms with E-state index in [9.17, 15) is 4.79 Å². The quantitative estimate of drug-likeness (QED) is 0.633. The summed E-state index contributed by atoms with van der Waals surface area (Å²) in [4.78, 5) is 20.4. The van der Waals surface area contributed by atoms with Gasteiger partial charge >= 0.3 is 0 Å². The van der Waals surface area contributed by atoms with Crippen molar-refractivity contribution >= 4 is 17.5 Å². The van der Waals surface area contributed by atoms with Crippen molar-refractivity contribution in [3.05, 3.63) is 11.9 Å². The molecule has 0 atom stereocenters. The van der Waals surface area contributed by atoms with E-state index in [1.54, 1.807) is 13.2 Å². The van der Waals surface area contributed by atoms with E-state index in [1.807, 2.05) is 0 Å². The molecule has 3 N–H and O–H groups in total. The maximum absolute atomic E-state index is 11.7. The Kier molecular flexibility index (Phi) is 5.74. The van der Waals surface area contributed by atoms with Crippen LogP contribution in [0.1, 0.15) is 32.0 Å². The van der Waals surface area contributed by atoms with Crippen molar-refractivity contribution in [2.75, 3.05) is 30.8 Å². The Morgan fingerprint density at radius 1 is 1.33 bits per heavy atom. The highest BCUT2D eigenvalue weighted by molar-refractivity contribution is 5.81. The zero-order valence-corrected chi connectivity index (χ0v) is 12.6. The largest absolute Gasteiger partial charge is 0.377 e. The van der Waals surface area contributed by atoms with Crippen molar-refractivity contribution in [2.45, 2.75) is 38.8 Å². The topological polar surface area (TPSA) is 88.2 Å². The van der Waals surface area contributed by atoms with Crippen LogP contribution in [-0.2, 0) is 16.1 Å². The summed E-state index contributed by atoms with van der Waals surface area (Å²) in [6, 6.07) is 2.18. The molecule has 1 fully saturated rings. The van der Waals surface area contributed by atoms with Crippen molar-refractivity contribution in [2.24, 2.45) is 0 Å². The third kappa shape index (κ3) is 5.55. The van der Waals surface area contributed by atoms with Crippen LogP contribution in [0.4, 0.5) is 11.6 Å². The maximum atomic E-state index is 11.7. The molecule has 0 aliphatic heterocycles. The van der Waals surface area contributed by atoms with Gasteiger partial charge in [0.25, 0.3) is 0 Å². The highest BCUT2D eigenvalue weighted by atomic mass is 16.5. The van der Waals surface area contributed by atoms with E-state index in [0.29, 0.717) is 24.3 Å². The molecular weight excluding hydrogens is 270 g/mol. The Hall–Kier alpha value is -1.89. The van der Waals surface area contributed by atoms with Gasteiger partial charge in [-0.3, -0.25) is 4.79 Å². The van der Waals surface area contributed by atoms with Crippen LogP contribution >= 0.6 is 0 Å². The van der Waals surface area contributed by atoms with E-state index in [1.165, 1.54) is 0 Å². The molecule has 0 bridgehead atoms. The summed E-state index contributed by atoms with van der Waals surface area (Å²) in [6.45, 7) is 3.48. The van der Waals surface area contributed by atoms with Crippen LogP contribution in [0.2, 0.25) is 0 Å². The predicted molar refractivity (Wildman–Crippen MR) is 81.2 cm³/mol. The minimum absolute atomic E-state index is 0.00697. The minimum Gasteiger partial charge on any atom is -0.377 e. The first kappa shape index (κ1) is 15.5. The molecule has 1 aliphatic rings. The lowest BCUT2D eigenvalue weighted by molar-refractivity contribution is -0.119. The Labute approximate surface area is 124 Å². The normalized spacial score (nSPS) is 13.8. The molecule has 0 aromatic carbocycles. The van der Waals surface area contributed by atoms with Gasteiger partial charge in [-0.25, -0.2) is 9.97 Å². The van der Waals surface area contributed by atoms with Gasteiger partial charge in [-0.2, -0.15) is 0 Å². The number of ether oxygens (including phenoxy) is 1. The van der Waals surface area contributed by atoms with Gasteiger partial charge in [-0.15, -0.1) is 0 Å². The molecular formula is C14H23N5O2. The number of nitrogens with zero attached hydrogens (tertiary/aromatic N) is 2. The maximum Gasteiger partial charge on any atom is 0.239 e. The van der Waals surface area contributed by atoms with Crippen molar-refractivity contribution in [1.29, 1.82) is 0 Å². The van der Waals surface area contributed by atoms with Gasteiger partial charge in [-0.1, -0.05) is 6.92 Å². The highest BCUT2D eigenvalue weighted by Crippen LogP contribution is 2.18. The molecule has 1 heterocycles. The Morgan fingerprint density at radius 3 is 2.67 bits per heavy atom. The zero-order valence-electron chi connectivity index (χ0n) is 12.6. The fraction of sp³-hybridized carbons (Fsp3) is 0.643. The molecule has 7 nitrogen and oxygen atoms in total. The summed E-state index contributed by atoms with van der Waals surface area (Å²) < 4.78 is 5.07. The Morgan fingerprint density at radius 2 is 2.05 bits per heavy atom. The van der Waals surface area contributed by atoms with Crippen molar-refractivity contribution < 1.29 is 9.53 Å². The molecule has 1 amide bonds. The number of hydrogen-bond acceptors (Lipinski definition) is 6. The van der Waals surface area contributed by atoms with Crippen LogP contribution in [-0.4, -0.2) is 42.1 Å². The average molecular weight is 293 g/mol. The van der Waals surface area contributed by atoms with Gasteiger partial charge in [0.1, 0.15) is 18.2 Å². The summed E-state index contributed by atoms with van der Waals surface area (Å²) in [6.07, 6.45) is 3.18. The average Bonchev–Trinajstić information content (AvgIpc) is 3.27. The van der Waals surface area contributed by atoms with E-state index < -0.39 is 0 Å². The van der Waals surface area contributed by atoms with Gasteiger partial charge in [0.15, 0.2) is 5.82 Å². The lowest BCUT2D eigenvalue weighted by Crippen LogP contribution is -2.31. The molecule has 0 spiro atoms. The molecule has 0 radical (unpaired) electrons. The van der Waals surface area contributed by atoms with E-state index in [2.05, 4.69) is 32.8 Å². The molecule has 1 aromatic rings. The van der Waals surface area contributed by atoms with Gasteiger partial charge in [0, 0.05) is 25.8 Å². The first-order valence-corrected chi connectivity index (χ1v) is 7.35. The summed E-state index contributed by atoms with van der Waals surface area (Å²) in [5, 5.41) is 9.18. The van der Waals surface area contributed by atoms with Crippen LogP contribution in [0.15, 0.2) is 6.07 Å². The monoisotopic (exact) mass is 293 g/mol. The Bertz CT molecular complexity index is 476. The molecule has 1 aliphatic carbocycles. The minimum atomic E-state index is -0.00697. The summed E-state index contributed by atoms with van der Waals surface area (Å²) in [7, 11) is 1.60. The lowest BCUT2D eigenvalue weighted by atomic mass is 10.4. The number of aromatic nitrogens is 2. The van der Waals surface area contributed by atoms with Crippen molar-refractivity contribution in [3.63, 3.8) is 0 Å². The van der Waals surface area contributed by atoms with E-state index >= 15 is 0 Å². The Balaban J connectivity index is 1.94. The molecule has 1 saturated carbocycles. The third-order valence-electron chi connectivity index (χ3n) is 2.97. The summed E-state index contributed by atoms with van der Waals surface area (Å²) in [5.74, 6) is 1.95. The van der Waals surface area contributed by atoms with Crippen molar-refractivity contribution in [3.8, 4) is 0 Å². The number of amides is 1. The van der Waals surface area contributed by atoms with E-state index in [-0.39, 0.29) is 12.5 Å². The molecule has 0 unspecified atom stereocenters. The van der Waals surface area contributed by atoms with E-state index in [4.69, 9.17) is 4.74 Å². The van der Waals surface area contributed by atoms with Gasteiger partial charge in [0.05, 0.1) is 6.54 Å². The molecule has 2 rings (SSSR count). The standard InChI is InChI=1S/C14H23N5O2/c1-3-6-15-11-7-12(19-13(18-11)9-21-2)16-8-14(20)17-10-4-5-10/h7,10H,3-6,8-9H2,1-2H3,(H,17,20)(H2,15,16,18,19). The molecule has 21 heavy (non-hydrogen) atoms. The number of methoxy groups -OCH3 is 1. The SMILES string of the molecule is CCCNc1cc(NCC(=O)NC2CC2)nc(COC)n1. The lowest BCUT2D eigenvalue weighted by Gasteiger charge is -2.11. The number of anilines is 2. The molecule has 116 valence electrons. The number of hydrogen-bond donors (Lipinski definition) is 3. The van der Waals surface area contributed by atoms with Crippen LogP contribution in [0, 0.1) is 0 Å². The fourth-order valence-electron chi connectivity index (χ4n) is 1.80. The van der Waals surface area contributed by atoms with Crippen LogP contribution in [0.5, 0.6) is 0 Å². The van der Waals surface area contributed by atoms with Gasteiger partial charge in [0.2, 0.25) is 5.91 Å². The first-order chi connectivity index (χ1) is 10.2. The number of nitrogens with one attached hydrogen (secondary N) is 3. The number of carbonyl (C=O) groups excluding carboxylic acids is 1. The van der Waals surface area contributed by atoms with Crippen LogP contribution in [0.3, 0.4) is 0 Å². The third-order valence-corrected chi connectivity index (χ3v) is 2.97. The smallest absolute Gasteiger partial charge is 0.239 e. The summed E-state index contributed by atoms with van der Waals surface area (Å²) in [5.41, 5.74) is 0. The van der Waals surface area contributed by atoms with Crippen LogP contribution < -0.4 is 16.0 Å². The van der Waals surface area contributed by atoms with Crippen molar-refractivity contribution in [1.82, 2.24) is 15.3 Å². The van der Waals surface area contributed by atoms with Crippen LogP contribution in [0.25, 0.3) is 0 Å². The molecule has 7 heteroatoms. The predicted octanol–water partition coefficient (Wildman–Crippen LogP) is 1.14. The highest BCUT2D eigenvalue weighted by Gasteiger charge is 2.22.